The molecular weight excluding hydrogens is 597 g/mol. The summed E-state index contributed by atoms with van der Waals surface area (Å²) in [5.74, 6) is 0. The molecule has 9 rings (SSSR count). The topological polar surface area (TPSA) is 57.4 Å². The molecule has 0 saturated carbocycles. The number of nitriles is 2. The van der Waals surface area contributed by atoms with Crippen LogP contribution in [0.15, 0.2) is 140 Å². The fourth-order valence-electron chi connectivity index (χ4n) is 7.27. The third-order valence-electron chi connectivity index (χ3n) is 9.46. The number of nitrogens with zero attached hydrogens (tertiary/aromatic N) is 4. The van der Waals surface area contributed by atoms with E-state index in [0.29, 0.717) is 11.1 Å². The first-order valence-electron chi connectivity index (χ1n) is 16.1. The lowest BCUT2D eigenvalue weighted by molar-refractivity contribution is 1.17. The highest BCUT2D eigenvalue weighted by Crippen LogP contribution is 2.39. The van der Waals surface area contributed by atoms with Gasteiger partial charge in [0.2, 0.25) is 0 Å². The Morgan fingerprint density at radius 1 is 0.510 bits per heavy atom. The van der Waals surface area contributed by atoms with E-state index >= 15 is 0 Å². The van der Waals surface area contributed by atoms with Gasteiger partial charge in [0.15, 0.2) is 0 Å². The number of aryl methyl sites for hydroxylation is 1. The van der Waals surface area contributed by atoms with Crippen LogP contribution in [-0.4, -0.2) is 9.13 Å². The first kappa shape index (κ1) is 28.2. The normalized spacial score (nSPS) is 11.2. The number of rotatable bonds is 4. The molecule has 0 atom stereocenters. The van der Waals surface area contributed by atoms with Crippen molar-refractivity contribution in [2.75, 3.05) is 0 Å². The summed E-state index contributed by atoms with van der Waals surface area (Å²) in [6.45, 7) is 2.02. The van der Waals surface area contributed by atoms with E-state index in [1.54, 1.807) is 0 Å². The predicted octanol–water partition coefficient (Wildman–Crippen LogP) is 10.9. The van der Waals surface area contributed by atoms with Crippen LogP contribution in [0.4, 0.5) is 0 Å². The first-order valence-corrected chi connectivity index (χ1v) is 16.1. The van der Waals surface area contributed by atoms with Crippen molar-refractivity contribution < 1.29 is 0 Å². The smallest absolute Gasteiger partial charge is 0.101 e. The molecule has 2 heterocycles. The Morgan fingerprint density at radius 3 is 2.02 bits per heavy atom. The van der Waals surface area contributed by atoms with Gasteiger partial charge in [-0.05, 0) is 78.2 Å². The highest BCUT2D eigenvalue weighted by molar-refractivity contribution is 6.10. The first-order chi connectivity index (χ1) is 24.1. The molecule has 226 valence electrons. The van der Waals surface area contributed by atoms with Gasteiger partial charge in [-0.25, -0.2) is 0 Å². The summed E-state index contributed by atoms with van der Waals surface area (Å²) < 4.78 is 4.48. The Kier molecular flexibility index (Phi) is 6.35. The molecule has 0 amide bonds. The van der Waals surface area contributed by atoms with E-state index in [9.17, 15) is 10.5 Å². The lowest BCUT2D eigenvalue weighted by Crippen LogP contribution is -2.01. The molecule has 0 aliphatic carbocycles. The van der Waals surface area contributed by atoms with Gasteiger partial charge >= 0.3 is 0 Å². The maximum Gasteiger partial charge on any atom is 0.101 e. The summed E-state index contributed by atoms with van der Waals surface area (Å²) in [6.07, 6.45) is 0. The zero-order valence-corrected chi connectivity index (χ0v) is 26.6. The van der Waals surface area contributed by atoms with Crippen LogP contribution < -0.4 is 0 Å². The highest BCUT2D eigenvalue weighted by atomic mass is 15.0. The second-order valence-electron chi connectivity index (χ2n) is 12.3. The summed E-state index contributed by atoms with van der Waals surface area (Å²) in [6, 6.07) is 59.1. The molecule has 7 aromatic carbocycles. The third-order valence-corrected chi connectivity index (χ3v) is 9.46. The number of aromatic nitrogens is 2. The minimum atomic E-state index is 0.607. The molecule has 0 fully saturated rings. The molecule has 4 heteroatoms. The molecule has 9 aromatic rings. The molecular formula is C45H26N4. The van der Waals surface area contributed by atoms with Gasteiger partial charge in [0.05, 0.1) is 50.3 Å². The second kappa shape index (κ2) is 11.0. The van der Waals surface area contributed by atoms with Crippen LogP contribution in [0, 0.1) is 41.7 Å². The van der Waals surface area contributed by atoms with Crippen molar-refractivity contribution in [1.29, 1.82) is 10.5 Å². The van der Waals surface area contributed by atoms with Crippen molar-refractivity contribution in [3.05, 3.63) is 168 Å². The molecule has 0 bridgehead atoms. The van der Waals surface area contributed by atoms with Gasteiger partial charge in [0, 0.05) is 33.0 Å². The fraction of sp³-hybridized carbons (Fsp3) is 0.0222. The zero-order chi connectivity index (χ0) is 33.1. The van der Waals surface area contributed by atoms with E-state index in [2.05, 4.69) is 124 Å². The molecule has 0 aliphatic heterocycles. The molecule has 4 nitrogen and oxygen atoms in total. The minimum absolute atomic E-state index is 0.607. The zero-order valence-electron chi connectivity index (χ0n) is 26.6. The molecule has 0 saturated heterocycles. The number of hydrogen-bond donors (Lipinski definition) is 0. The standard InChI is InChI=1S/C45H26N4/c1-29-16-22-39-37-11-2-5-15-42(37)49(44(39)24-29)45-34(28-47)9-7-13-36(45)32-20-18-31(19-21-32)33-8-6-10-35(26-33)48-41-14-4-3-12-38(41)40-25-30(27-46)17-23-43(40)48/h2-15,17-21,23-26H,1H3. The summed E-state index contributed by atoms with van der Waals surface area (Å²) in [5, 5.41) is 24.2. The van der Waals surface area contributed by atoms with Gasteiger partial charge in [-0.2, -0.15) is 10.5 Å². The van der Waals surface area contributed by atoms with Gasteiger partial charge < -0.3 is 9.13 Å². The molecule has 0 N–H and O–H groups in total. The Hall–Kier alpha value is -7.06. The van der Waals surface area contributed by atoms with Crippen LogP contribution in [0.2, 0.25) is 0 Å². The molecule has 0 radical (unpaired) electrons. The summed E-state index contributed by atoms with van der Waals surface area (Å²) in [5.41, 5.74) is 12.5. The largest absolute Gasteiger partial charge is 0.309 e. The molecule has 49 heavy (non-hydrogen) atoms. The Bertz CT molecular complexity index is 2850. The number of benzene rings is 6. The lowest BCUT2D eigenvalue weighted by atomic mass is 9.97. The molecule has 0 spiro atoms. The van der Waals surface area contributed by atoms with Crippen molar-refractivity contribution in [1.82, 2.24) is 9.13 Å². The fourth-order valence-corrected chi connectivity index (χ4v) is 7.27. The van der Waals surface area contributed by atoms with Crippen LogP contribution in [0.1, 0.15) is 16.7 Å². The number of hydrogen-bond acceptors (Lipinski definition) is 2. The van der Waals surface area contributed by atoms with E-state index in [0.717, 1.165) is 82.8 Å². The van der Waals surface area contributed by atoms with Crippen molar-refractivity contribution in [2.45, 2.75) is 6.92 Å². The van der Waals surface area contributed by atoms with E-state index in [1.807, 2.05) is 55.5 Å². The Balaban J connectivity index is 1.17. The lowest BCUT2D eigenvalue weighted by Gasteiger charge is -2.16. The van der Waals surface area contributed by atoms with Crippen molar-refractivity contribution >= 4 is 43.6 Å². The van der Waals surface area contributed by atoms with E-state index < -0.39 is 0 Å². The maximum atomic E-state index is 10.3. The van der Waals surface area contributed by atoms with Crippen molar-refractivity contribution in [3.8, 4) is 45.8 Å². The van der Waals surface area contributed by atoms with E-state index in [1.165, 1.54) is 0 Å². The summed E-state index contributed by atoms with van der Waals surface area (Å²) in [7, 11) is 0. The quantitative estimate of drug-likeness (QED) is 0.196. The van der Waals surface area contributed by atoms with Gasteiger partial charge in [-0.1, -0.05) is 97.1 Å². The van der Waals surface area contributed by atoms with Crippen LogP contribution >= 0.6 is 0 Å². The van der Waals surface area contributed by atoms with Gasteiger partial charge in [0.1, 0.15) is 6.07 Å². The third kappa shape index (κ3) is 4.39. The highest BCUT2D eigenvalue weighted by Gasteiger charge is 2.19. The average molecular weight is 623 g/mol. The molecule has 0 unspecified atom stereocenters. The monoisotopic (exact) mass is 622 g/mol. The SMILES string of the molecule is Cc1c#cc2c3ccccc3n(-c3c(C#N)cccc3-c3ccc(-c4cccc(-n5c6ccccc6c6cc(C#N)ccc65)c4)cc3)c2c1. The van der Waals surface area contributed by atoms with Gasteiger partial charge in [-0.15, -0.1) is 0 Å². The number of fused-ring (bicyclic) bond motifs is 6. The predicted molar refractivity (Wildman–Crippen MR) is 198 cm³/mol. The number of para-hydroxylation sites is 3. The van der Waals surface area contributed by atoms with Crippen LogP contribution in [0.25, 0.3) is 77.2 Å². The summed E-state index contributed by atoms with van der Waals surface area (Å²) >= 11 is 0. The molecule has 0 aliphatic rings. The molecule has 2 aromatic heterocycles. The van der Waals surface area contributed by atoms with E-state index in [-0.39, 0.29) is 0 Å². The second-order valence-corrected chi connectivity index (χ2v) is 12.3. The Morgan fingerprint density at radius 2 is 1.22 bits per heavy atom. The van der Waals surface area contributed by atoms with Gasteiger partial charge in [-0.3, -0.25) is 0 Å². The van der Waals surface area contributed by atoms with Gasteiger partial charge in [0.25, 0.3) is 0 Å². The van der Waals surface area contributed by atoms with E-state index in [4.69, 9.17) is 0 Å². The van der Waals surface area contributed by atoms with Crippen LogP contribution in [-0.2, 0) is 0 Å². The average Bonchev–Trinajstić information content (AvgIpc) is 3.66. The Labute approximate surface area is 283 Å². The maximum absolute atomic E-state index is 10.3. The summed E-state index contributed by atoms with van der Waals surface area (Å²) in [4.78, 5) is 0. The van der Waals surface area contributed by atoms with Crippen molar-refractivity contribution in [2.24, 2.45) is 0 Å². The van der Waals surface area contributed by atoms with Crippen LogP contribution in [0.3, 0.4) is 0 Å². The van der Waals surface area contributed by atoms with Crippen molar-refractivity contribution in [3.63, 3.8) is 0 Å². The minimum Gasteiger partial charge on any atom is -0.309 e. The van der Waals surface area contributed by atoms with Crippen LogP contribution in [0.5, 0.6) is 0 Å².